The van der Waals surface area contributed by atoms with E-state index in [0.29, 0.717) is 19.0 Å². The van der Waals surface area contributed by atoms with Gasteiger partial charge in [0.05, 0.1) is 11.9 Å². The number of carbonyl (C=O) groups is 1. The predicted octanol–water partition coefficient (Wildman–Crippen LogP) is 1.91. The fraction of sp³-hybridized carbons (Fsp3) is 0.444. The monoisotopic (exact) mass is 312 g/mol. The standard InChI is InChI=1S/C18H24N4O/c19-11-15-5-4-8-17(15)18(23)20-10-9-14-12-21-22(13-14)16-6-2-1-3-7-16/h1-3,6-7,12-13,15,17H,4-5,8-11,19H2,(H,20,23)/t15-,17-/m1/s1. The molecule has 1 aliphatic carbocycles. The van der Waals surface area contributed by atoms with Gasteiger partial charge in [-0.3, -0.25) is 4.79 Å². The second-order valence-electron chi connectivity index (χ2n) is 6.20. The van der Waals surface area contributed by atoms with E-state index < -0.39 is 0 Å². The van der Waals surface area contributed by atoms with Crippen molar-refractivity contribution in [1.29, 1.82) is 0 Å². The van der Waals surface area contributed by atoms with Gasteiger partial charge in [0.25, 0.3) is 0 Å². The minimum atomic E-state index is 0.104. The van der Waals surface area contributed by atoms with Gasteiger partial charge >= 0.3 is 0 Å². The third-order valence-corrected chi connectivity index (χ3v) is 4.67. The van der Waals surface area contributed by atoms with E-state index in [2.05, 4.69) is 10.4 Å². The van der Waals surface area contributed by atoms with Gasteiger partial charge in [-0.15, -0.1) is 0 Å². The molecule has 0 radical (unpaired) electrons. The van der Waals surface area contributed by atoms with Crippen LogP contribution in [0.5, 0.6) is 0 Å². The minimum Gasteiger partial charge on any atom is -0.356 e. The number of aromatic nitrogens is 2. The molecule has 1 amide bonds. The normalized spacial score (nSPS) is 20.6. The molecule has 2 aromatic rings. The van der Waals surface area contributed by atoms with Crippen LogP contribution in [0.1, 0.15) is 24.8 Å². The van der Waals surface area contributed by atoms with Crippen LogP contribution in [0.25, 0.3) is 5.69 Å². The molecule has 2 atom stereocenters. The predicted molar refractivity (Wildman–Crippen MR) is 90.2 cm³/mol. The average Bonchev–Trinajstić information content (AvgIpc) is 3.24. The van der Waals surface area contributed by atoms with Crippen LogP contribution in [0.4, 0.5) is 0 Å². The fourth-order valence-corrected chi connectivity index (χ4v) is 3.34. The van der Waals surface area contributed by atoms with E-state index in [0.717, 1.165) is 36.9 Å². The zero-order chi connectivity index (χ0) is 16.1. The lowest BCUT2D eigenvalue weighted by Gasteiger charge is -2.17. The Balaban J connectivity index is 1.49. The maximum atomic E-state index is 12.2. The van der Waals surface area contributed by atoms with Crippen molar-refractivity contribution in [2.45, 2.75) is 25.7 Å². The number of hydrogen-bond donors (Lipinski definition) is 2. The molecule has 5 nitrogen and oxygen atoms in total. The van der Waals surface area contributed by atoms with Crippen molar-refractivity contribution in [3.63, 3.8) is 0 Å². The van der Waals surface area contributed by atoms with Crippen molar-refractivity contribution >= 4 is 5.91 Å². The lowest BCUT2D eigenvalue weighted by molar-refractivity contribution is -0.125. The van der Waals surface area contributed by atoms with Crippen molar-refractivity contribution in [2.24, 2.45) is 17.6 Å². The molecule has 1 fully saturated rings. The van der Waals surface area contributed by atoms with Crippen LogP contribution in [0.15, 0.2) is 42.7 Å². The average molecular weight is 312 g/mol. The van der Waals surface area contributed by atoms with Gasteiger partial charge in [0.15, 0.2) is 0 Å². The number of hydrogen-bond acceptors (Lipinski definition) is 3. The molecule has 1 saturated carbocycles. The van der Waals surface area contributed by atoms with Crippen LogP contribution >= 0.6 is 0 Å². The summed E-state index contributed by atoms with van der Waals surface area (Å²) in [6.45, 7) is 1.26. The van der Waals surface area contributed by atoms with E-state index in [-0.39, 0.29) is 11.8 Å². The molecule has 23 heavy (non-hydrogen) atoms. The second-order valence-corrected chi connectivity index (χ2v) is 6.20. The van der Waals surface area contributed by atoms with Crippen molar-refractivity contribution in [2.75, 3.05) is 13.1 Å². The summed E-state index contributed by atoms with van der Waals surface area (Å²) >= 11 is 0. The number of rotatable bonds is 6. The third kappa shape index (κ3) is 3.79. The van der Waals surface area contributed by atoms with Gasteiger partial charge in [-0.1, -0.05) is 24.6 Å². The maximum Gasteiger partial charge on any atom is 0.223 e. The van der Waals surface area contributed by atoms with Crippen molar-refractivity contribution in [3.05, 3.63) is 48.3 Å². The summed E-state index contributed by atoms with van der Waals surface area (Å²) in [5.74, 6) is 0.622. The largest absolute Gasteiger partial charge is 0.356 e. The van der Waals surface area contributed by atoms with Crippen LogP contribution in [-0.4, -0.2) is 28.8 Å². The maximum absolute atomic E-state index is 12.2. The molecule has 5 heteroatoms. The SMILES string of the molecule is NC[C@H]1CCC[C@H]1C(=O)NCCc1cnn(-c2ccccc2)c1. The Labute approximate surface area is 136 Å². The summed E-state index contributed by atoms with van der Waals surface area (Å²) in [6, 6.07) is 10.0. The summed E-state index contributed by atoms with van der Waals surface area (Å²) in [7, 11) is 0. The molecule has 1 aromatic carbocycles. The zero-order valence-electron chi connectivity index (χ0n) is 13.3. The Bertz CT molecular complexity index is 637. The molecule has 1 heterocycles. The highest BCUT2D eigenvalue weighted by atomic mass is 16.1. The molecular weight excluding hydrogens is 288 g/mol. The lowest BCUT2D eigenvalue weighted by atomic mass is 9.95. The first-order valence-corrected chi connectivity index (χ1v) is 8.34. The van der Waals surface area contributed by atoms with Crippen LogP contribution in [0, 0.1) is 11.8 Å². The molecule has 1 aromatic heterocycles. The van der Waals surface area contributed by atoms with E-state index in [4.69, 9.17) is 5.73 Å². The van der Waals surface area contributed by atoms with Crippen molar-refractivity contribution in [3.8, 4) is 5.69 Å². The first kappa shape index (κ1) is 15.7. The molecule has 0 spiro atoms. The van der Waals surface area contributed by atoms with Crippen LogP contribution < -0.4 is 11.1 Å². The van der Waals surface area contributed by atoms with Crippen molar-refractivity contribution < 1.29 is 4.79 Å². The number of nitrogens with two attached hydrogens (primary N) is 1. The summed E-state index contributed by atoms with van der Waals surface area (Å²) < 4.78 is 1.86. The topological polar surface area (TPSA) is 72.9 Å². The summed E-state index contributed by atoms with van der Waals surface area (Å²) in [5, 5.41) is 7.43. The zero-order valence-corrected chi connectivity index (χ0v) is 13.3. The lowest BCUT2D eigenvalue weighted by Crippen LogP contribution is -2.36. The van der Waals surface area contributed by atoms with Gasteiger partial charge < -0.3 is 11.1 Å². The van der Waals surface area contributed by atoms with Gasteiger partial charge in [0.1, 0.15) is 0 Å². The molecule has 0 aliphatic heterocycles. The third-order valence-electron chi connectivity index (χ3n) is 4.67. The first-order valence-electron chi connectivity index (χ1n) is 8.34. The van der Waals surface area contributed by atoms with Gasteiger partial charge in [-0.2, -0.15) is 5.10 Å². The smallest absolute Gasteiger partial charge is 0.223 e. The fourth-order valence-electron chi connectivity index (χ4n) is 3.34. The minimum absolute atomic E-state index is 0.104. The highest BCUT2D eigenvalue weighted by molar-refractivity contribution is 5.79. The Morgan fingerprint density at radius 2 is 2.13 bits per heavy atom. The molecule has 3 rings (SSSR count). The molecular formula is C18H24N4O. The highest BCUT2D eigenvalue weighted by Gasteiger charge is 2.31. The van der Waals surface area contributed by atoms with Crippen LogP contribution in [-0.2, 0) is 11.2 Å². The van der Waals surface area contributed by atoms with E-state index in [1.165, 1.54) is 0 Å². The summed E-state index contributed by atoms with van der Waals surface area (Å²) in [5.41, 5.74) is 7.91. The number of benzene rings is 1. The molecule has 0 saturated heterocycles. The number of carbonyl (C=O) groups excluding carboxylic acids is 1. The molecule has 3 N–H and O–H groups in total. The molecule has 0 unspecified atom stereocenters. The summed E-state index contributed by atoms with van der Waals surface area (Å²) in [6.07, 6.45) is 7.83. The van der Waals surface area contributed by atoms with E-state index in [9.17, 15) is 4.79 Å². The Morgan fingerprint density at radius 1 is 1.30 bits per heavy atom. The van der Waals surface area contributed by atoms with Crippen LogP contribution in [0.2, 0.25) is 0 Å². The highest BCUT2D eigenvalue weighted by Crippen LogP contribution is 2.30. The van der Waals surface area contributed by atoms with Crippen molar-refractivity contribution in [1.82, 2.24) is 15.1 Å². The number of nitrogens with one attached hydrogen (secondary N) is 1. The van der Waals surface area contributed by atoms with E-state index in [1.54, 1.807) is 0 Å². The Kier molecular flexibility index (Phi) is 5.08. The summed E-state index contributed by atoms with van der Waals surface area (Å²) in [4.78, 5) is 12.2. The number of amides is 1. The van der Waals surface area contributed by atoms with E-state index >= 15 is 0 Å². The first-order chi connectivity index (χ1) is 11.3. The molecule has 122 valence electrons. The van der Waals surface area contributed by atoms with Gasteiger partial charge in [0, 0.05) is 18.7 Å². The van der Waals surface area contributed by atoms with E-state index in [1.807, 2.05) is 47.4 Å². The van der Waals surface area contributed by atoms with Gasteiger partial charge in [0.2, 0.25) is 5.91 Å². The Hall–Kier alpha value is -2.14. The number of para-hydroxylation sites is 1. The van der Waals surface area contributed by atoms with Gasteiger partial charge in [-0.05, 0) is 49.4 Å². The quantitative estimate of drug-likeness (QED) is 0.856. The second kappa shape index (κ2) is 7.42. The van der Waals surface area contributed by atoms with Gasteiger partial charge in [-0.25, -0.2) is 4.68 Å². The Morgan fingerprint density at radius 3 is 2.91 bits per heavy atom. The number of nitrogens with zero attached hydrogens (tertiary/aromatic N) is 2. The molecule has 0 bridgehead atoms. The van der Waals surface area contributed by atoms with Crippen LogP contribution in [0.3, 0.4) is 0 Å². The molecule has 1 aliphatic rings.